The van der Waals surface area contributed by atoms with Gasteiger partial charge in [0.25, 0.3) is 0 Å². The van der Waals surface area contributed by atoms with E-state index in [9.17, 15) is 4.79 Å². The molecule has 3 nitrogen and oxygen atoms in total. The molecule has 0 aliphatic heterocycles. The maximum Gasteiger partial charge on any atom is 0.320 e. The van der Waals surface area contributed by atoms with Crippen LogP contribution in [-0.2, 0) is 4.79 Å². The van der Waals surface area contributed by atoms with Crippen LogP contribution in [0.5, 0.6) is 0 Å². The molecule has 2 N–H and O–H groups in total. The summed E-state index contributed by atoms with van der Waals surface area (Å²) < 4.78 is 0. The van der Waals surface area contributed by atoms with Crippen LogP contribution in [0.4, 0.5) is 0 Å². The largest absolute Gasteiger partial charge is 0.480 e. The van der Waals surface area contributed by atoms with Crippen molar-refractivity contribution < 1.29 is 9.90 Å². The van der Waals surface area contributed by atoms with E-state index in [0.717, 1.165) is 6.54 Å². The lowest BCUT2D eigenvalue weighted by Gasteiger charge is -2.09. The molecule has 1 aliphatic carbocycles. The van der Waals surface area contributed by atoms with E-state index >= 15 is 0 Å². The molecule has 0 heterocycles. The zero-order valence-corrected chi connectivity index (χ0v) is 9.72. The molecule has 1 rings (SSSR count). The fourth-order valence-corrected chi connectivity index (χ4v) is 2.23. The van der Waals surface area contributed by atoms with E-state index in [1.54, 1.807) is 6.92 Å². The van der Waals surface area contributed by atoms with Crippen LogP contribution >= 0.6 is 0 Å². The van der Waals surface area contributed by atoms with E-state index < -0.39 is 12.0 Å². The lowest BCUT2D eigenvalue weighted by molar-refractivity contribution is -0.139. The number of carbonyl (C=O) groups is 1. The van der Waals surface area contributed by atoms with Gasteiger partial charge in [0.1, 0.15) is 6.04 Å². The molecule has 0 aromatic rings. The van der Waals surface area contributed by atoms with Crippen molar-refractivity contribution in [3.8, 4) is 0 Å². The molecule has 1 saturated carbocycles. The number of rotatable bonds is 4. The van der Waals surface area contributed by atoms with Gasteiger partial charge in [-0.1, -0.05) is 27.7 Å². The van der Waals surface area contributed by atoms with Crippen molar-refractivity contribution in [2.45, 2.75) is 40.7 Å². The quantitative estimate of drug-likeness (QED) is 0.725. The number of aliphatic carboxylic acids is 1. The second-order valence-corrected chi connectivity index (χ2v) is 5.46. The Labute approximate surface area is 85.9 Å². The summed E-state index contributed by atoms with van der Waals surface area (Å²) >= 11 is 0. The van der Waals surface area contributed by atoms with Crippen molar-refractivity contribution >= 4 is 5.97 Å². The molecule has 0 bridgehead atoms. The Morgan fingerprint density at radius 3 is 2.07 bits per heavy atom. The van der Waals surface area contributed by atoms with Gasteiger partial charge in [0.2, 0.25) is 0 Å². The third-order valence-electron chi connectivity index (χ3n) is 4.32. The molecule has 82 valence electrons. The fraction of sp³-hybridized carbons (Fsp3) is 0.909. The van der Waals surface area contributed by atoms with Gasteiger partial charge in [-0.3, -0.25) is 4.79 Å². The first kappa shape index (κ1) is 11.5. The zero-order chi connectivity index (χ0) is 11.1. The lowest BCUT2D eigenvalue weighted by Crippen LogP contribution is -2.35. The highest BCUT2D eigenvalue weighted by Crippen LogP contribution is 2.67. The minimum atomic E-state index is -0.777. The number of nitrogens with one attached hydrogen (secondary N) is 1. The molecule has 0 aromatic heterocycles. The summed E-state index contributed by atoms with van der Waals surface area (Å²) in [5.74, 6) is -0.196. The summed E-state index contributed by atoms with van der Waals surface area (Å²) in [4.78, 5) is 10.6. The normalized spacial score (nSPS) is 25.8. The molecule has 1 aliphatic rings. The molecule has 14 heavy (non-hydrogen) atoms. The molecule has 3 heteroatoms. The van der Waals surface area contributed by atoms with E-state index in [1.807, 2.05) is 0 Å². The second-order valence-electron chi connectivity index (χ2n) is 5.46. The van der Waals surface area contributed by atoms with E-state index in [0.29, 0.717) is 16.7 Å². The Morgan fingerprint density at radius 1 is 1.36 bits per heavy atom. The lowest BCUT2D eigenvalue weighted by atomic mass is 10.0. The van der Waals surface area contributed by atoms with Gasteiger partial charge in [-0.25, -0.2) is 0 Å². The van der Waals surface area contributed by atoms with Crippen LogP contribution in [-0.4, -0.2) is 23.7 Å². The van der Waals surface area contributed by atoms with Crippen molar-refractivity contribution in [1.29, 1.82) is 0 Å². The minimum Gasteiger partial charge on any atom is -0.480 e. The minimum absolute atomic E-state index is 0.332. The third kappa shape index (κ3) is 1.65. The van der Waals surface area contributed by atoms with Crippen molar-refractivity contribution in [2.24, 2.45) is 16.7 Å². The van der Waals surface area contributed by atoms with Crippen LogP contribution in [0.15, 0.2) is 0 Å². The maximum atomic E-state index is 10.6. The summed E-state index contributed by atoms with van der Waals surface area (Å²) in [6, 6.07) is -0.442. The van der Waals surface area contributed by atoms with E-state index in [2.05, 4.69) is 33.0 Å². The van der Waals surface area contributed by atoms with Crippen LogP contribution in [0.1, 0.15) is 34.6 Å². The molecule has 0 saturated heterocycles. The second kappa shape index (κ2) is 3.23. The van der Waals surface area contributed by atoms with Crippen LogP contribution in [0.2, 0.25) is 0 Å². The number of carboxylic acids is 1. The highest BCUT2D eigenvalue weighted by atomic mass is 16.4. The van der Waals surface area contributed by atoms with Gasteiger partial charge >= 0.3 is 5.97 Å². The highest BCUT2D eigenvalue weighted by molar-refractivity contribution is 5.72. The molecule has 0 amide bonds. The topological polar surface area (TPSA) is 49.3 Å². The molecule has 1 fully saturated rings. The van der Waals surface area contributed by atoms with Crippen molar-refractivity contribution in [3.05, 3.63) is 0 Å². The molecule has 1 unspecified atom stereocenters. The Hall–Kier alpha value is -0.570. The first-order valence-corrected chi connectivity index (χ1v) is 5.17. The third-order valence-corrected chi connectivity index (χ3v) is 4.32. The Balaban J connectivity index is 2.39. The van der Waals surface area contributed by atoms with Gasteiger partial charge < -0.3 is 10.4 Å². The average molecular weight is 199 g/mol. The zero-order valence-electron chi connectivity index (χ0n) is 9.72. The van der Waals surface area contributed by atoms with Crippen LogP contribution in [0.3, 0.4) is 0 Å². The van der Waals surface area contributed by atoms with E-state index in [4.69, 9.17) is 5.11 Å². The van der Waals surface area contributed by atoms with Gasteiger partial charge in [-0.15, -0.1) is 0 Å². The average Bonchev–Trinajstić information content (AvgIpc) is 2.39. The van der Waals surface area contributed by atoms with Crippen molar-refractivity contribution in [2.75, 3.05) is 6.54 Å². The maximum absolute atomic E-state index is 10.6. The van der Waals surface area contributed by atoms with Gasteiger partial charge in [0, 0.05) is 0 Å². The molecule has 0 radical (unpaired) electrons. The van der Waals surface area contributed by atoms with Crippen molar-refractivity contribution in [3.63, 3.8) is 0 Å². The Morgan fingerprint density at radius 2 is 1.79 bits per heavy atom. The first-order chi connectivity index (χ1) is 6.21. The summed E-state index contributed by atoms with van der Waals surface area (Å²) in [5.41, 5.74) is 0.663. The summed E-state index contributed by atoms with van der Waals surface area (Å²) in [5, 5.41) is 11.8. The molecule has 0 aromatic carbocycles. The predicted molar refractivity (Wildman–Crippen MR) is 56.2 cm³/mol. The standard InChI is InChI=1S/C11H21NO2/c1-7(9(13)14)12-6-8-10(2,3)11(8,4)5/h7-8,12H,6H2,1-5H3,(H,13,14). The van der Waals surface area contributed by atoms with Gasteiger partial charge in [-0.05, 0) is 30.2 Å². The van der Waals surface area contributed by atoms with Gasteiger partial charge in [0.15, 0.2) is 0 Å². The highest BCUT2D eigenvalue weighted by Gasteiger charge is 2.63. The predicted octanol–water partition coefficient (Wildman–Crippen LogP) is 1.73. The molecule has 1 atom stereocenters. The number of carboxylic acid groups (broad SMARTS) is 1. The molecular formula is C11H21NO2. The smallest absolute Gasteiger partial charge is 0.320 e. The van der Waals surface area contributed by atoms with E-state index in [-0.39, 0.29) is 0 Å². The molecular weight excluding hydrogens is 178 g/mol. The van der Waals surface area contributed by atoms with E-state index in [1.165, 1.54) is 0 Å². The Bertz CT molecular complexity index is 232. The fourth-order valence-electron chi connectivity index (χ4n) is 2.23. The monoisotopic (exact) mass is 199 g/mol. The van der Waals surface area contributed by atoms with Crippen molar-refractivity contribution in [1.82, 2.24) is 5.32 Å². The summed E-state index contributed by atoms with van der Waals surface area (Å²) in [7, 11) is 0. The van der Waals surface area contributed by atoms with Gasteiger partial charge in [0.05, 0.1) is 0 Å². The first-order valence-electron chi connectivity index (χ1n) is 5.17. The van der Waals surface area contributed by atoms with Crippen LogP contribution in [0.25, 0.3) is 0 Å². The van der Waals surface area contributed by atoms with Crippen LogP contribution in [0, 0.1) is 16.7 Å². The SMILES string of the molecule is CC(NCC1C(C)(C)C1(C)C)C(=O)O. The summed E-state index contributed by atoms with van der Waals surface area (Å²) in [6.07, 6.45) is 0. The van der Waals surface area contributed by atoms with Crippen LogP contribution < -0.4 is 5.32 Å². The molecule has 0 spiro atoms. The van der Waals surface area contributed by atoms with Gasteiger partial charge in [-0.2, -0.15) is 0 Å². The summed E-state index contributed by atoms with van der Waals surface area (Å²) in [6.45, 7) is 11.4. The Kier molecular flexibility index (Phi) is 2.65. The number of hydrogen-bond acceptors (Lipinski definition) is 2. The number of hydrogen-bond donors (Lipinski definition) is 2.